The number of aryl methyl sites for hydroxylation is 1. The van der Waals surface area contributed by atoms with E-state index in [0.29, 0.717) is 30.8 Å². The van der Waals surface area contributed by atoms with Crippen molar-refractivity contribution < 1.29 is 19.1 Å². The van der Waals surface area contributed by atoms with E-state index in [-0.39, 0.29) is 6.54 Å². The molecule has 0 unspecified atom stereocenters. The van der Waals surface area contributed by atoms with Gasteiger partial charge < -0.3 is 19.9 Å². The molecule has 1 aliphatic rings. The third-order valence-corrected chi connectivity index (χ3v) is 4.45. The number of nitrogens with zero attached hydrogens (tertiary/aromatic N) is 3. The molecular weight excluding hydrogens is 339 g/mol. The molecule has 1 fully saturated rings. The number of piperidine rings is 1. The molecular formula is C18H21FN4O3. The van der Waals surface area contributed by atoms with E-state index >= 15 is 0 Å². The van der Waals surface area contributed by atoms with Crippen LogP contribution in [0.3, 0.4) is 0 Å². The molecule has 3 rings (SSSR count). The Morgan fingerprint density at radius 3 is 2.88 bits per heavy atom. The van der Waals surface area contributed by atoms with E-state index in [1.165, 1.54) is 23.1 Å². The van der Waals surface area contributed by atoms with Gasteiger partial charge in [-0.3, -0.25) is 9.59 Å². The van der Waals surface area contributed by atoms with E-state index in [4.69, 9.17) is 0 Å². The van der Waals surface area contributed by atoms with Crippen LogP contribution in [0, 0.1) is 5.82 Å². The van der Waals surface area contributed by atoms with Gasteiger partial charge in [0.2, 0.25) is 0 Å². The number of aromatic nitrogens is 2. The molecule has 2 heterocycles. The van der Waals surface area contributed by atoms with Crippen LogP contribution in [0.15, 0.2) is 36.7 Å². The summed E-state index contributed by atoms with van der Waals surface area (Å²) >= 11 is 0. The number of likely N-dealkylation sites (tertiary alicyclic amines) is 1. The van der Waals surface area contributed by atoms with Crippen molar-refractivity contribution in [1.29, 1.82) is 0 Å². The zero-order valence-electron chi connectivity index (χ0n) is 14.4. The molecule has 1 aliphatic heterocycles. The Morgan fingerprint density at radius 1 is 1.42 bits per heavy atom. The Morgan fingerprint density at radius 2 is 2.23 bits per heavy atom. The molecule has 0 aliphatic carbocycles. The Hall–Kier alpha value is -2.74. The van der Waals surface area contributed by atoms with Crippen LogP contribution in [0.2, 0.25) is 0 Å². The molecule has 2 aromatic rings. The molecule has 1 aromatic heterocycles. The standard InChI is InChI=1S/C18H21FN4O3/c1-22-9-7-20-16(22)15(12-4-2-5-13(19)10-12)21-17(25)18(26)23-8-3-6-14(24)11-23/h2,4-5,7,9-10,14-15,24H,3,6,8,11H2,1H3,(H,21,25)/t14-,15-/m0/s1. The van der Waals surface area contributed by atoms with E-state index in [9.17, 15) is 19.1 Å². The van der Waals surface area contributed by atoms with Crippen molar-refractivity contribution in [3.8, 4) is 0 Å². The number of imidazole rings is 1. The SMILES string of the molecule is Cn1ccnc1[C@@H](NC(=O)C(=O)N1CCC[C@H](O)C1)c1cccc(F)c1. The van der Waals surface area contributed by atoms with Crippen molar-refractivity contribution in [2.75, 3.05) is 13.1 Å². The number of hydrogen-bond donors (Lipinski definition) is 2. The minimum atomic E-state index is -0.809. The first-order chi connectivity index (χ1) is 12.5. The minimum absolute atomic E-state index is 0.138. The van der Waals surface area contributed by atoms with Crippen molar-refractivity contribution in [3.63, 3.8) is 0 Å². The van der Waals surface area contributed by atoms with E-state index in [0.717, 1.165) is 0 Å². The summed E-state index contributed by atoms with van der Waals surface area (Å²) in [6.07, 6.45) is 3.92. The molecule has 0 spiro atoms. The molecule has 1 saturated heterocycles. The van der Waals surface area contributed by atoms with Crippen molar-refractivity contribution in [2.24, 2.45) is 7.05 Å². The van der Waals surface area contributed by atoms with Gasteiger partial charge in [0.15, 0.2) is 0 Å². The van der Waals surface area contributed by atoms with Crippen LogP contribution >= 0.6 is 0 Å². The largest absolute Gasteiger partial charge is 0.391 e. The first-order valence-corrected chi connectivity index (χ1v) is 8.46. The molecule has 7 nitrogen and oxygen atoms in total. The van der Waals surface area contributed by atoms with Crippen molar-refractivity contribution in [1.82, 2.24) is 19.8 Å². The minimum Gasteiger partial charge on any atom is -0.391 e. The lowest BCUT2D eigenvalue weighted by Gasteiger charge is -2.30. The van der Waals surface area contributed by atoms with E-state index < -0.39 is 29.8 Å². The number of nitrogens with one attached hydrogen (secondary N) is 1. The highest BCUT2D eigenvalue weighted by Crippen LogP contribution is 2.21. The van der Waals surface area contributed by atoms with Crippen molar-refractivity contribution >= 4 is 11.8 Å². The molecule has 2 N–H and O–H groups in total. The molecule has 0 saturated carbocycles. The number of halogens is 1. The number of rotatable bonds is 3. The second-order valence-corrected chi connectivity index (χ2v) is 6.41. The van der Waals surface area contributed by atoms with Crippen molar-refractivity contribution in [3.05, 3.63) is 53.9 Å². The Bertz CT molecular complexity index is 807. The lowest BCUT2D eigenvalue weighted by molar-refractivity contribution is -0.148. The monoisotopic (exact) mass is 360 g/mol. The van der Waals surface area contributed by atoms with Crippen LogP contribution in [-0.4, -0.2) is 50.6 Å². The van der Waals surface area contributed by atoms with Gasteiger partial charge in [-0.05, 0) is 30.5 Å². The fraction of sp³-hybridized carbons (Fsp3) is 0.389. The summed E-state index contributed by atoms with van der Waals surface area (Å²) in [7, 11) is 1.75. The van der Waals surface area contributed by atoms with Gasteiger partial charge >= 0.3 is 11.8 Å². The van der Waals surface area contributed by atoms with Gasteiger partial charge in [0, 0.05) is 32.5 Å². The van der Waals surface area contributed by atoms with E-state index in [1.54, 1.807) is 30.1 Å². The van der Waals surface area contributed by atoms with Gasteiger partial charge in [0.1, 0.15) is 17.7 Å². The number of carbonyl (C=O) groups is 2. The zero-order valence-corrected chi connectivity index (χ0v) is 14.4. The fourth-order valence-electron chi connectivity index (χ4n) is 3.11. The van der Waals surface area contributed by atoms with Gasteiger partial charge in [-0.15, -0.1) is 0 Å². The molecule has 8 heteroatoms. The van der Waals surface area contributed by atoms with Gasteiger partial charge in [-0.2, -0.15) is 0 Å². The third kappa shape index (κ3) is 3.91. The fourth-order valence-corrected chi connectivity index (χ4v) is 3.11. The zero-order chi connectivity index (χ0) is 18.7. The number of β-amino-alcohol motifs (C(OH)–C–C–N with tert-alkyl or cyclic N) is 1. The lowest BCUT2D eigenvalue weighted by atomic mass is 10.1. The molecule has 0 radical (unpaired) electrons. The first-order valence-electron chi connectivity index (χ1n) is 8.46. The summed E-state index contributed by atoms with van der Waals surface area (Å²) < 4.78 is 15.4. The normalized spacial score (nSPS) is 18.4. The Labute approximate surface area is 150 Å². The molecule has 138 valence electrons. The predicted octanol–water partition coefficient (Wildman–Crippen LogP) is 0.748. The summed E-state index contributed by atoms with van der Waals surface area (Å²) in [5, 5.41) is 12.4. The summed E-state index contributed by atoms with van der Waals surface area (Å²) in [5.41, 5.74) is 0.485. The van der Waals surface area contributed by atoms with E-state index in [2.05, 4.69) is 10.3 Å². The highest BCUT2D eigenvalue weighted by Gasteiger charge is 2.30. The van der Waals surface area contributed by atoms with Crippen LogP contribution in [0.5, 0.6) is 0 Å². The maximum Gasteiger partial charge on any atom is 0.311 e. The van der Waals surface area contributed by atoms with Crippen LogP contribution in [-0.2, 0) is 16.6 Å². The van der Waals surface area contributed by atoms with Crippen LogP contribution in [0.25, 0.3) is 0 Å². The number of aliphatic hydroxyl groups is 1. The Balaban J connectivity index is 1.83. The van der Waals surface area contributed by atoms with Crippen LogP contribution in [0.1, 0.15) is 30.3 Å². The number of carbonyl (C=O) groups excluding carboxylic acids is 2. The molecule has 2 atom stereocenters. The van der Waals surface area contributed by atoms with Crippen LogP contribution < -0.4 is 5.32 Å². The Kier molecular flexibility index (Phi) is 5.32. The highest BCUT2D eigenvalue weighted by atomic mass is 19.1. The molecule has 1 aromatic carbocycles. The first kappa shape index (κ1) is 18.1. The van der Waals surface area contributed by atoms with Crippen molar-refractivity contribution in [2.45, 2.75) is 25.0 Å². The van der Waals surface area contributed by atoms with Gasteiger partial charge in [-0.25, -0.2) is 9.37 Å². The lowest BCUT2D eigenvalue weighted by Crippen LogP contribution is -2.49. The molecule has 0 bridgehead atoms. The number of benzene rings is 1. The average Bonchev–Trinajstić information content (AvgIpc) is 3.04. The summed E-state index contributed by atoms with van der Waals surface area (Å²) in [4.78, 5) is 30.5. The topological polar surface area (TPSA) is 87.5 Å². The third-order valence-electron chi connectivity index (χ3n) is 4.45. The maximum atomic E-state index is 13.7. The second-order valence-electron chi connectivity index (χ2n) is 6.41. The molecule has 26 heavy (non-hydrogen) atoms. The average molecular weight is 360 g/mol. The second kappa shape index (κ2) is 7.65. The van der Waals surface area contributed by atoms with Gasteiger partial charge in [-0.1, -0.05) is 12.1 Å². The van der Waals surface area contributed by atoms with E-state index in [1.807, 2.05) is 0 Å². The number of aliphatic hydroxyl groups excluding tert-OH is 1. The summed E-state index contributed by atoms with van der Waals surface area (Å²) in [6, 6.07) is 5.04. The predicted molar refractivity (Wildman–Crippen MR) is 91.4 cm³/mol. The summed E-state index contributed by atoms with van der Waals surface area (Å²) in [5.74, 6) is -1.48. The molecule has 2 amide bonds. The van der Waals surface area contributed by atoms with Crippen LogP contribution in [0.4, 0.5) is 4.39 Å². The van der Waals surface area contributed by atoms with Gasteiger partial charge in [0.25, 0.3) is 0 Å². The maximum absolute atomic E-state index is 13.7. The smallest absolute Gasteiger partial charge is 0.311 e. The highest BCUT2D eigenvalue weighted by molar-refractivity contribution is 6.35. The summed E-state index contributed by atoms with van der Waals surface area (Å²) in [6.45, 7) is 0.565. The number of amides is 2. The number of hydrogen-bond acceptors (Lipinski definition) is 4. The van der Waals surface area contributed by atoms with Gasteiger partial charge in [0.05, 0.1) is 6.10 Å². The quantitative estimate of drug-likeness (QED) is 0.791.